The van der Waals surface area contributed by atoms with Crippen molar-refractivity contribution in [3.63, 3.8) is 0 Å². The number of hydrogen-bond acceptors (Lipinski definition) is 5. The van der Waals surface area contributed by atoms with Crippen LogP contribution < -0.4 is 20.3 Å². The number of carbonyl (C=O) groups excluding carboxylic acids is 3. The number of para-hydroxylation sites is 2. The Labute approximate surface area is 173 Å². The first kappa shape index (κ1) is 21.1. The summed E-state index contributed by atoms with van der Waals surface area (Å²) >= 11 is 0. The smallest absolute Gasteiger partial charge is 0.412 e. The van der Waals surface area contributed by atoms with E-state index >= 15 is 0 Å². The van der Waals surface area contributed by atoms with Gasteiger partial charge in [0.25, 0.3) is 5.91 Å². The van der Waals surface area contributed by atoms with E-state index in [0.717, 1.165) is 12.1 Å². The summed E-state index contributed by atoms with van der Waals surface area (Å²) in [5.41, 5.74) is -0.0553. The first-order valence-electron chi connectivity index (χ1n) is 9.24. The van der Waals surface area contributed by atoms with Gasteiger partial charge in [-0.25, -0.2) is 9.18 Å². The van der Waals surface area contributed by atoms with E-state index in [2.05, 4.69) is 10.6 Å². The Balaban J connectivity index is 1.75. The number of anilines is 3. The van der Waals surface area contributed by atoms with Gasteiger partial charge in [-0.05, 0) is 51.1 Å². The summed E-state index contributed by atoms with van der Waals surface area (Å²) in [4.78, 5) is 38.2. The Bertz CT molecular complexity index is 987. The van der Waals surface area contributed by atoms with Crippen LogP contribution in [0.1, 0.15) is 20.8 Å². The molecule has 0 saturated carbocycles. The Kier molecular flexibility index (Phi) is 5.91. The molecule has 8 nitrogen and oxygen atoms in total. The van der Waals surface area contributed by atoms with Crippen LogP contribution in [0.3, 0.4) is 0 Å². The number of rotatable bonds is 4. The molecular formula is C21H22FN3O5. The summed E-state index contributed by atoms with van der Waals surface area (Å²) in [7, 11) is 0. The van der Waals surface area contributed by atoms with Crippen LogP contribution in [0.4, 0.5) is 26.2 Å². The third-order valence-electron chi connectivity index (χ3n) is 4.00. The maximum absolute atomic E-state index is 13.7. The van der Waals surface area contributed by atoms with E-state index in [-0.39, 0.29) is 30.4 Å². The van der Waals surface area contributed by atoms with Crippen LogP contribution in [0.5, 0.6) is 5.75 Å². The van der Waals surface area contributed by atoms with Crippen molar-refractivity contribution in [2.45, 2.75) is 26.4 Å². The van der Waals surface area contributed by atoms with Gasteiger partial charge in [-0.15, -0.1) is 0 Å². The molecule has 2 N–H and O–H groups in total. The molecule has 158 valence electrons. The summed E-state index contributed by atoms with van der Waals surface area (Å²) in [6.45, 7) is 4.63. The first-order valence-corrected chi connectivity index (χ1v) is 9.24. The van der Waals surface area contributed by atoms with Crippen LogP contribution in [0.15, 0.2) is 42.5 Å². The third-order valence-corrected chi connectivity index (χ3v) is 4.00. The molecule has 9 heteroatoms. The van der Waals surface area contributed by atoms with Crippen LogP contribution in [0, 0.1) is 5.82 Å². The molecule has 0 saturated heterocycles. The van der Waals surface area contributed by atoms with Gasteiger partial charge in [0, 0.05) is 0 Å². The van der Waals surface area contributed by atoms with Crippen LogP contribution >= 0.6 is 0 Å². The lowest BCUT2D eigenvalue weighted by atomic mass is 10.2. The molecule has 0 radical (unpaired) electrons. The van der Waals surface area contributed by atoms with Gasteiger partial charge >= 0.3 is 6.09 Å². The van der Waals surface area contributed by atoms with Gasteiger partial charge in [0.15, 0.2) is 6.61 Å². The maximum atomic E-state index is 13.7. The second-order valence-corrected chi connectivity index (χ2v) is 7.60. The first-order chi connectivity index (χ1) is 14.1. The van der Waals surface area contributed by atoms with Gasteiger partial charge in [0.1, 0.15) is 23.7 Å². The number of carbonyl (C=O) groups is 3. The Morgan fingerprint density at radius 1 is 1.13 bits per heavy atom. The molecule has 30 heavy (non-hydrogen) atoms. The van der Waals surface area contributed by atoms with E-state index in [9.17, 15) is 18.8 Å². The fraction of sp³-hybridized carbons (Fsp3) is 0.286. The summed E-state index contributed by atoms with van der Waals surface area (Å²) in [6, 6.07) is 10.4. The highest BCUT2D eigenvalue weighted by Crippen LogP contribution is 2.31. The van der Waals surface area contributed by atoms with E-state index in [4.69, 9.17) is 9.47 Å². The standard InChI is InChI=1S/C21H22FN3O5/c1-21(2,3)30-20(28)24-14-9-8-13(22)10-15(14)23-18(26)11-25-16-6-4-5-7-17(16)29-12-19(25)27/h4-10H,11-12H2,1-3H3,(H,23,26)(H,24,28). The number of amides is 3. The summed E-state index contributed by atoms with van der Waals surface area (Å²) in [5, 5.41) is 5.02. The zero-order valence-electron chi connectivity index (χ0n) is 16.8. The molecule has 0 aliphatic carbocycles. The van der Waals surface area contributed by atoms with Gasteiger partial charge in [-0.3, -0.25) is 19.8 Å². The number of nitrogens with one attached hydrogen (secondary N) is 2. The van der Waals surface area contributed by atoms with Gasteiger partial charge in [-0.2, -0.15) is 0 Å². The Morgan fingerprint density at radius 2 is 1.87 bits per heavy atom. The van der Waals surface area contributed by atoms with E-state index in [1.54, 1.807) is 45.0 Å². The van der Waals surface area contributed by atoms with E-state index < -0.39 is 23.4 Å². The average molecular weight is 415 g/mol. The molecule has 0 spiro atoms. The summed E-state index contributed by atoms with van der Waals surface area (Å²) < 4.78 is 24.3. The van der Waals surface area contributed by atoms with Gasteiger partial charge in [0.05, 0.1) is 17.1 Å². The number of hydrogen-bond donors (Lipinski definition) is 2. The number of benzene rings is 2. The highest BCUT2D eigenvalue weighted by molar-refractivity contribution is 6.06. The van der Waals surface area contributed by atoms with Crippen LogP contribution in [0.2, 0.25) is 0 Å². The molecule has 0 unspecified atom stereocenters. The van der Waals surface area contributed by atoms with Gasteiger partial charge in [0.2, 0.25) is 5.91 Å². The fourth-order valence-electron chi connectivity index (χ4n) is 2.80. The fourth-order valence-corrected chi connectivity index (χ4v) is 2.80. The minimum atomic E-state index is -0.748. The molecule has 1 aliphatic rings. The zero-order valence-corrected chi connectivity index (χ0v) is 16.8. The highest BCUT2D eigenvalue weighted by atomic mass is 19.1. The third kappa shape index (κ3) is 5.25. The summed E-state index contributed by atoms with van der Waals surface area (Å²) in [5.74, 6) is -1.07. The predicted octanol–water partition coefficient (Wildman–Crippen LogP) is 3.54. The molecular weight excluding hydrogens is 393 g/mol. The topological polar surface area (TPSA) is 97.0 Å². The quantitative estimate of drug-likeness (QED) is 0.796. The predicted molar refractivity (Wildman–Crippen MR) is 109 cm³/mol. The minimum absolute atomic E-state index is 0.0415. The number of nitrogens with zero attached hydrogens (tertiary/aromatic N) is 1. The largest absolute Gasteiger partial charge is 0.482 e. The van der Waals surface area contributed by atoms with Crippen molar-refractivity contribution in [2.75, 3.05) is 28.7 Å². The monoisotopic (exact) mass is 415 g/mol. The van der Waals surface area contributed by atoms with E-state index in [1.807, 2.05) is 0 Å². The molecule has 0 aromatic heterocycles. The van der Waals surface area contributed by atoms with Crippen molar-refractivity contribution in [1.29, 1.82) is 0 Å². The number of halogens is 1. The molecule has 0 fully saturated rings. The van der Waals surface area contributed by atoms with Crippen molar-refractivity contribution in [3.05, 3.63) is 48.3 Å². The van der Waals surface area contributed by atoms with Crippen LogP contribution in [0.25, 0.3) is 0 Å². The summed E-state index contributed by atoms with van der Waals surface area (Å²) in [6.07, 6.45) is -0.748. The van der Waals surface area contributed by atoms with E-state index in [0.29, 0.717) is 11.4 Å². The van der Waals surface area contributed by atoms with Gasteiger partial charge in [-0.1, -0.05) is 12.1 Å². The van der Waals surface area contributed by atoms with Crippen molar-refractivity contribution in [2.24, 2.45) is 0 Å². The van der Waals surface area contributed by atoms with Crippen molar-refractivity contribution < 1.29 is 28.2 Å². The Hall–Kier alpha value is -3.62. The molecule has 0 atom stereocenters. The van der Waals surface area contributed by atoms with E-state index in [1.165, 1.54) is 11.0 Å². The lowest BCUT2D eigenvalue weighted by Gasteiger charge is -2.28. The zero-order chi connectivity index (χ0) is 21.9. The van der Waals surface area contributed by atoms with Crippen LogP contribution in [-0.2, 0) is 14.3 Å². The van der Waals surface area contributed by atoms with Crippen molar-refractivity contribution in [1.82, 2.24) is 0 Å². The number of ether oxygens (including phenoxy) is 2. The molecule has 1 aliphatic heterocycles. The normalized spacial score (nSPS) is 13.2. The molecule has 2 aromatic rings. The van der Waals surface area contributed by atoms with Crippen LogP contribution in [-0.4, -0.2) is 36.7 Å². The molecule has 3 rings (SSSR count). The second-order valence-electron chi connectivity index (χ2n) is 7.60. The van der Waals surface area contributed by atoms with Crippen molar-refractivity contribution >= 4 is 35.0 Å². The van der Waals surface area contributed by atoms with Gasteiger partial charge < -0.3 is 14.8 Å². The lowest BCUT2D eigenvalue weighted by Crippen LogP contribution is -2.43. The molecule has 3 amide bonds. The average Bonchev–Trinajstić information content (AvgIpc) is 2.65. The Morgan fingerprint density at radius 3 is 2.60 bits per heavy atom. The highest BCUT2D eigenvalue weighted by Gasteiger charge is 2.27. The molecule has 2 aromatic carbocycles. The van der Waals surface area contributed by atoms with Crippen molar-refractivity contribution in [3.8, 4) is 5.75 Å². The second kappa shape index (κ2) is 8.40. The minimum Gasteiger partial charge on any atom is -0.482 e. The lowest BCUT2D eigenvalue weighted by molar-refractivity contribution is -0.123. The molecule has 1 heterocycles. The number of fused-ring (bicyclic) bond motifs is 1. The maximum Gasteiger partial charge on any atom is 0.412 e. The molecule has 0 bridgehead atoms. The SMILES string of the molecule is CC(C)(C)OC(=O)Nc1ccc(F)cc1NC(=O)CN1C(=O)COc2ccccc21.